The van der Waals surface area contributed by atoms with Gasteiger partial charge >= 0.3 is 0 Å². The summed E-state index contributed by atoms with van der Waals surface area (Å²) < 4.78 is 26.6. The van der Waals surface area contributed by atoms with Crippen LogP contribution in [0.15, 0.2) is 30.3 Å². The maximum absolute atomic E-state index is 12.5. The smallest absolute Gasteiger partial charge is 0.212 e. The summed E-state index contributed by atoms with van der Waals surface area (Å²) in [5.41, 5.74) is 0.837. The van der Waals surface area contributed by atoms with E-state index in [1.165, 1.54) is 0 Å². The minimum absolute atomic E-state index is 0.0798. The highest BCUT2D eigenvalue weighted by Gasteiger charge is 2.30. The van der Waals surface area contributed by atoms with Crippen molar-refractivity contribution >= 4 is 21.4 Å². The highest BCUT2D eigenvalue weighted by molar-refractivity contribution is 7.88. The first kappa shape index (κ1) is 15.6. The van der Waals surface area contributed by atoms with E-state index in [1.807, 2.05) is 37.3 Å². The minimum Gasteiger partial charge on any atom is -0.212 e. The number of hydrogen-bond donors (Lipinski definition) is 0. The summed E-state index contributed by atoms with van der Waals surface area (Å²) in [6.45, 7) is 3.08. The fraction of sp³-hybridized carbons (Fsp3) is 0.467. The fourth-order valence-corrected chi connectivity index (χ4v) is 5.17. The Morgan fingerprint density at radius 1 is 1.18 bits per heavy atom. The number of rotatable bonds is 4. The second-order valence-corrected chi connectivity index (χ2v) is 8.76. The van der Waals surface area contributed by atoms with E-state index in [0.717, 1.165) is 28.4 Å². The lowest BCUT2D eigenvalue weighted by atomic mass is 9.99. The standard InChI is InChI=1S/C15H19N3O2S2/c1-12-16-17-15(21-12)14-7-9-18(10-8-14)22(19,20)11-13-5-3-2-4-6-13/h2-6,14H,7-11H2,1H3. The van der Waals surface area contributed by atoms with Crippen LogP contribution in [0.5, 0.6) is 0 Å². The van der Waals surface area contributed by atoms with Gasteiger partial charge in [0, 0.05) is 19.0 Å². The van der Waals surface area contributed by atoms with Crippen molar-refractivity contribution < 1.29 is 8.42 Å². The van der Waals surface area contributed by atoms with Crippen molar-refractivity contribution in [2.24, 2.45) is 0 Å². The summed E-state index contributed by atoms with van der Waals surface area (Å²) in [5, 5.41) is 10.3. The Kier molecular flexibility index (Phi) is 4.56. The third-order valence-electron chi connectivity index (χ3n) is 3.93. The van der Waals surface area contributed by atoms with Gasteiger partial charge in [-0.15, -0.1) is 21.5 Å². The average molecular weight is 337 g/mol. The molecule has 1 fully saturated rings. The van der Waals surface area contributed by atoms with E-state index in [4.69, 9.17) is 0 Å². The highest BCUT2D eigenvalue weighted by atomic mass is 32.2. The van der Waals surface area contributed by atoms with Gasteiger partial charge in [0.15, 0.2) is 0 Å². The van der Waals surface area contributed by atoms with Gasteiger partial charge in [0.25, 0.3) is 0 Å². The van der Waals surface area contributed by atoms with Crippen molar-refractivity contribution in [3.63, 3.8) is 0 Å². The number of piperidine rings is 1. The number of hydrogen-bond acceptors (Lipinski definition) is 5. The van der Waals surface area contributed by atoms with Crippen LogP contribution in [-0.2, 0) is 15.8 Å². The Hall–Kier alpha value is -1.31. The third kappa shape index (κ3) is 3.53. The zero-order valence-corrected chi connectivity index (χ0v) is 14.1. The molecule has 1 aliphatic heterocycles. The second kappa shape index (κ2) is 6.44. The number of nitrogens with zero attached hydrogens (tertiary/aromatic N) is 3. The first-order chi connectivity index (χ1) is 10.5. The van der Waals surface area contributed by atoms with Crippen LogP contribution in [0.2, 0.25) is 0 Å². The minimum atomic E-state index is -3.24. The molecule has 1 saturated heterocycles. The van der Waals surface area contributed by atoms with Crippen molar-refractivity contribution in [1.82, 2.24) is 14.5 Å². The molecule has 2 heterocycles. The van der Waals surface area contributed by atoms with Gasteiger partial charge in [0.05, 0.1) is 5.75 Å². The molecule has 0 aliphatic carbocycles. The van der Waals surface area contributed by atoms with Crippen molar-refractivity contribution in [3.8, 4) is 0 Å². The van der Waals surface area contributed by atoms with E-state index in [1.54, 1.807) is 15.6 Å². The molecule has 1 aliphatic rings. The molecule has 0 amide bonds. The lowest BCUT2D eigenvalue weighted by molar-refractivity contribution is 0.318. The zero-order chi connectivity index (χ0) is 15.6. The summed E-state index contributed by atoms with van der Waals surface area (Å²) in [4.78, 5) is 0. The van der Waals surface area contributed by atoms with Crippen LogP contribution >= 0.6 is 11.3 Å². The van der Waals surface area contributed by atoms with Gasteiger partial charge in [0.1, 0.15) is 10.0 Å². The molecular weight excluding hydrogens is 318 g/mol. The molecule has 0 atom stereocenters. The Balaban J connectivity index is 1.63. The monoisotopic (exact) mass is 337 g/mol. The Bertz CT molecular complexity index is 720. The van der Waals surface area contributed by atoms with E-state index in [-0.39, 0.29) is 5.75 Å². The molecule has 118 valence electrons. The van der Waals surface area contributed by atoms with E-state index >= 15 is 0 Å². The van der Waals surface area contributed by atoms with Gasteiger partial charge in [-0.1, -0.05) is 30.3 Å². The van der Waals surface area contributed by atoms with E-state index in [9.17, 15) is 8.42 Å². The second-order valence-electron chi connectivity index (χ2n) is 5.57. The lowest BCUT2D eigenvalue weighted by Crippen LogP contribution is -2.38. The molecule has 0 saturated carbocycles. The van der Waals surface area contributed by atoms with Crippen molar-refractivity contribution in [2.45, 2.75) is 31.4 Å². The molecule has 0 bridgehead atoms. The molecule has 2 aromatic rings. The third-order valence-corrected chi connectivity index (χ3v) is 6.78. The predicted octanol–water partition coefficient (Wildman–Crippen LogP) is 2.56. The maximum Gasteiger partial charge on any atom is 0.218 e. The van der Waals surface area contributed by atoms with E-state index < -0.39 is 10.0 Å². The van der Waals surface area contributed by atoms with Gasteiger partial charge in [-0.2, -0.15) is 0 Å². The molecule has 5 nitrogen and oxygen atoms in total. The summed E-state index contributed by atoms with van der Waals surface area (Å²) in [5.74, 6) is 0.422. The van der Waals surface area contributed by atoms with Gasteiger partial charge in [-0.3, -0.25) is 0 Å². The number of aromatic nitrogens is 2. The molecule has 1 aromatic carbocycles. The summed E-state index contributed by atoms with van der Waals surface area (Å²) in [6, 6.07) is 9.35. The van der Waals surface area contributed by atoms with Crippen LogP contribution in [0.4, 0.5) is 0 Å². The molecule has 0 spiro atoms. The van der Waals surface area contributed by atoms with E-state index in [2.05, 4.69) is 10.2 Å². The lowest BCUT2D eigenvalue weighted by Gasteiger charge is -2.30. The van der Waals surface area contributed by atoms with Crippen molar-refractivity contribution in [1.29, 1.82) is 0 Å². The fourth-order valence-electron chi connectivity index (χ4n) is 2.73. The molecule has 0 unspecified atom stereocenters. The number of aryl methyl sites for hydroxylation is 1. The molecular formula is C15H19N3O2S2. The molecule has 3 rings (SSSR count). The first-order valence-corrected chi connectivity index (χ1v) is 9.79. The van der Waals surface area contributed by atoms with Crippen LogP contribution in [0.25, 0.3) is 0 Å². The van der Waals surface area contributed by atoms with Gasteiger partial charge in [-0.25, -0.2) is 12.7 Å². The van der Waals surface area contributed by atoms with Gasteiger partial charge in [-0.05, 0) is 25.3 Å². The van der Waals surface area contributed by atoms with Crippen LogP contribution in [-0.4, -0.2) is 36.0 Å². The van der Waals surface area contributed by atoms with Crippen LogP contribution in [0.3, 0.4) is 0 Å². The summed E-state index contributed by atoms with van der Waals surface area (Å²) in [6.07, 6.45) is 1.64. The maximum atomic E-state index is 12.5. The first-order valence-electron chi connectivity index (χ1n) is 7.36. The topological polar surface area (TPSA) is 63.2 Å². The molecule has 0 radical (unpaired) electrons. The molecule has 1 aromatic heterocycles. The molecule has 0 N–H and O–H groups in total. The van der Waals surface area contributed by atoms with Gasteiger partial charge in [0.2, 0.25) is 10.0 Å². The number of benzene rings is 1. The van der Waals surface area contributed by atoms with Crippen molar-refractivity contribution in [2.75, 3.05) is 13.1 Å². The van der Waals surface area contributed by atoms with Crippen molar-refractivity contribution in [3.05, 3.63) is 45.9 Å². The average Bonchev–Trinajstić information content (AvgIpc) is 2.95. The van der Waals surface area contributed by atoms with Crippen LogP contribution < -0.4 is 0 Å². The quantitative estimate of drug-likeness (QED) is 0.860. The highest BCUT2D eigenvalue weighted by Crippen LogP contribution is 2.31. The Morgan fingerprint density at radius 3 is 2.45 bits per heavy atom. The summed E-state index contributed by atoms with van der Waals surface area (Å²) >= 11 is 1.62. The normalized spacial score (nSPS) is 17.7. The molecule has 7 heteroatoms. The van der Waals surface area contributed by atoms with Crippen LogP contribution in [0, 0.1) is 6.92 Å². The molecule has 22 heavy (non-hydrogen) atoms. The Labute approximate surface area is 135 Å². The largest absolute Gasteiger partial charge is 0.218 e. The summed E-state index contributed by atoms with van der Waals surface area (Å²) in [7, 11) is -3.24. The van der Waals surface area contributed by atoms with E-state index in [0.29, 0.717) is 19.0 Å². The SMILES string of the molecule is Cc1nnc(C2CCN(S(=O)(=O)Cc3ccccc3)CC2)s1. The predicted molar refractivity (Wildman–Crippen MR) is 87.3 cm³/mol. The van der Waals surface area contributed by atoms with Crippen LogP contribution in [0.1, 0.15) is 34.3 Å². The Morgan fingerprint density at radius 2 is 1.86 bits per heavy atom. The van der Waals surface area contributed by atoms with Gasteiger partial charge < -0.3 is 0 Å². The number of sulfonamides is 1. The zero-order valence-electron chi connectivity index (χ0n) is 12.5.